The summed E-state index contributed by atoms with van der Waals surface area (Å²) in [6, 6.07) is 9.20. The molecule has 35 heavy (non-hydrogen) atoms. The highest BCUT2D eigenvalue weighted by Crippen LogP contribution is 2.35. The summed E-state index contributed by atoms with van der Waals surface area (Å²) in [6.07, 6.45) is -0.110. The number of nitrogens with zero attached hydrogens (tertiary/aromatic N) is 5. The Labute approximate surface area is 209 Å². The van der Waals surface area contributed by atoms with Crippen molar-refractivity contribution in [3.8, 4) is 0 Å². The van der Waals surface area contributed by atoms with Crippen LogP contribution in [-0.4, -0.2) is 62.8 Å². The van der Waals surface area contributed by atoms with Gasteiger partial charge in [-0.2, -0.15) is 13.2 Å². The van der Waals surface area contributed by atoms with Gasteiger partial charge in [0.2, 0.25) is 0 Å². The van der Waals surface area contributed by atoms with E-state index in [1.54, 1.807) is 6.07 Å². The number of fused-ring (bicyclic) bond motifs is 1. The second kappa shape index (κ2) is 9.83. The van der Waals surface area contributed by atoms with Crippen LogP contribution in [0.5, 0.6) is 0 Å². The molecule has 11 heteroatoms. The smallest absolute Gasteiger partial charge is 0.327 e. The zero-order valence-electron chi connectivity index (χ0n) is 18.8. The molecule has 2 aromatic carbocycles. The van der Waals surface area contributed by atoms with E-state index in [-0.39, 0.29) is 22.4 Å². The van der Waals surface area contributed by atoms with E-state index < -0.39 is 11.7 Å². The van der Waals surface area contributed by atoms with Gasteiger partial charge in [-0.25, -0.2) is 4.68 Å². The standard InChI is InChI=1S/C24H23ClF3N5OS/c25-18-5-4-17(20(13-18)24(26,27)28)14-33-22-6-3-16(12-21(22)29-30-33)11-19-15-32(23(34)35-19)10-9-31-7-1-2-8-31/h3-6,11-13H,1-2,7-10,14-15H2. The van der Waals surface area contributed by atoms with Crippen molar-refractivity contribution in [1.82, 2.24) is 24.8 Å². The van der Waals surface area contributed by atoms with Crippen molar-refractivity contribution in [2.24, 2.45) is 0 Å². The first-order valence-corrected chi connectivity index (χ1v) is 12.5. The lowest BCUT2D eigenvalue weighted by molar-refractivity contribution is -0.138. The summed E-state index contributed by atoms with van der Waals surface area (Å²) in [4.78, 5) is 17.6. The van der Waals surface area contributed by atoms with Gasteiger partial charge in [0, 0.05) is 23.0 Å². The molecule has 2 saturated heterocycles. The van der Waals surface area contributed by atoms with Gasteiger partial charge in [-0.05, 0) is 79.2 Å². The number of benzene rings is 2. The highest BCUT2D eigenvalue weighted by Gasteiger charge is 2.33. The minimum Gasteiger partial charge on any atom is -0.327 e. The lowest BCUT2D eigenvalue weighted by atomic mass is 10.1. The summed E-state index contributed by atoms with van der Waals surface area (Å²) in [7, 11) is 0. The Morgan fingerprint density at radius 1 is 1.09 bits per heavy atom. The summed E-state index contributed by atoms with van der Waals surface area (Å²) in [5.41, 5.74) is 1.34. The summed E-state index contributed by atoms with van der Waals surface area (Å²) in [5, 5.41) is 8.31. The molecule has 0 radical (unpaired) electrons. The summed E-state index contributed by atoms with van der Waals surface area (Å²) >= 11 is 7.02. The number of amides is 1. The number of hydrogen-bond acceptors (Lipinski definition) is 5. The van der Waals surface area contributed by atoms with Crippen LogP contribution in [-0.2, 0) is 12.7 Å². The number of halogens is 4. The fraction of sp³-hybridized carbons (Fsp3) is 0.375. The third-order valence-electron chi connectivity index (χ3n) is 6.27. The molecule has 2 aliphatic rings. The molecule has 0 unspecified atom stereocenters. The second-order valence-electron chi connectivity index (χ2n) is 8.74. The van der Waals surface area contributed by atoms with Crippen molar-refractivity contribution in [2.45, 2.75) is 25.6 Å². The highest BCUT2D eigenvalue weighted by atomic mass is 35.5. The maximum Gasteiger partial charge on any atom is 0.416 e. The zero-order valence-corrected chi connectivity index (χ0v) is 20.3. The van der Waals surface area contributed by atoms with Gasteiger partial charge in [-0.3, -0.25) is 4.79 Å². The molecule has 3 heterocycles. The molecule has 2 aliphatic heterocycles. The van der Waals surface area contributed by atoms with E-state index in [2.05, 4.69) is 15.2 Å². The molecule has 6 nitrogen and oxygen atoms in total. The number of aromatic nitrogens is 3. The van der Waals surface area contributed by atoms with Crippen LogP contribution in [0.15, 0.2) is 41.3 Å². The van der Waals surface area contributed by atoms with Crippen molar-refractivity contribution in [3.05, 3.63) is 63.0 Å². The third kappa shape index (κ3) is 5.49. The minimum atomic E-state index is -4.52. The van der Waals surface area contributed by atoms with Gasteiger partial charge >= 0.3 is 6.18 Å². The van der Waals surface area contributed by atoms with E-state index in [1.165, 1.54) is 41.4 Å². The maximum atomic E-state index is 13.5. The monoisotopic (exact) mass is 521 g/mol. The van der Waals surface area contributed by atoms with Gasteiger partial charge in [-0.1, -0.05) is 28.9 Å². The highest BCUT2D eigenvalue weighted by molar-refractivity contribution is 8.17. The van der Waals surface area contributed by atoms with Crippen molar-refractivity contribution in [1.29, 1.82) is 0 Å². The Balaban J connectivity index is 1.31. The zero-order chi connectivity index (χ0) is 24.6. The van der Waals surface area contributed by atoms with E-state index in [0.717, 1.165) is 42.7 Å². The second-order valence-corrected chi connectivity index (χ2v) is 10.3. The maximum absolute atomic E-state index is 13.5. The molecule has 0 spiro atoms. The average molecular weight is 522 g/mol. The lowest BCUT2D eigenvalue weighted by Crippen LogP contribution is -2.33. The Morgan fingerprint density at radius 3 is 2.66 bits per heavy atom. The predicted octanol–water partition coefficient (Wildman–Crippen LogP) is 5.76. The number of likely N-dealkylation sites (tertiary alicyclic amines) is 1. The first-order chi connectivity index (χ1) is 16.8. The Hall–Kier alpha value is -2.56. The van der Waals surface area contributed by atoms with Crippen LogP contribution >= 0.6 is 23.4 Å². The summed E-state index contributed by atoms with van der Waals surface area (Å²) < 4.78 is 41.8. The van der Waals surface area contributed by atoms with Crippen molar-refractivity contribution in [3.63, 3.8) is 0 Å². The van der Waals surface area contributed by atoms with Crippen LogP contribution < -0.4 is 0 Å². The van der Waals surface area contributed by atoms with Crippen LogP contribution in [0.1, 0.15) is 29.5 Å². The average Bonchev–Trinajstić information content (AvgIpc) is 3.54. The number of rotatable bonds is 6. The Kier molecular flexibility index (Phi) is 6.78. The van der Waals surface area contributed by atoms with Crippen molar-refractivity contribution < 1.29 is 18.0 Å². The summed E-state index contributed by atoms with van der Waals surface area (Å²) in [5.74, 6) is 0. The predicted molar refractivity (Wildman–Crippen MR) is 131 cm³/mol. The number of thioether (sulfide) groups is 1. The Bertz CT molecular complexity index is 1290. The van der Waals surface area contributed by atoms with Crippen LogP contribution in [0.25, 0.3) is 17.1 Å². The third-order valence-corrected chi connectivity index (χ3v) is 7.45. The number of alkyl halides is 3. The topological polar surface area (TPSA) is 54.3 Å². The van der Waals surface area contributed by atoms with E-state index in [1.807, 2.05) is 23.1 Å². The number of hydrogen-bond donors (Lipinski definition) is 0. The molecule has 184 valence electrons. The normalized spacial score (nSPS) is 18.5. The fourth-order valence-electron chi connectivity index (χ4n) is 4.47. The first kappa shape index (κ1) is 24.1. The molecule has 3 aromatic rings. The van der Waals surface area contributed by atoms with Crippen LogP contribution in [0.4, 0.5) is 18.0 Å². The van der Waals surface area contributed by atoms with Gasteiger partial charge in [-0.15, -0.1) is 5.10 Å². The lowest BCUT2D eigenvalue weighted by Gasteiger charge is -2.19. The van der Waals surface area contributed by atoms with E-state index in [9.17, 15) is 18.0 Å². The quantitative estimate of drug-likeness (QED) is 0.413. The fourth-order valence-corrected chi connectivity index (χ4v) is 5.57. The van der Waals surface area contributed by atoms with Gasteiger partial charge in [0.1, 0.15) is 5.52 Å². The van der Waals surface area contributed by atoms with Crippen molar-refractivity contribution in [2.75, 3.05) is 32.7 Å². The van der Waals surface area contributed by atoms with Gasteiger partial charge in [0.25, 0.3) is 5.24 Å². The minimum absolute atomic E-state index is 0.0278. The molecular weight excluding hydrogens is 499 g/mol. The molecule has 1 aromatic heterocycles. The Morgan fingerprint density at radius 2 is 1.89 bits per heavy atom. The molecular formula is C24H23ClF3N5OS. The molecule has 5 rings (SSSR count). The van der Waals surface area contributed by atoms with Gasteiger partial charge in [0.05, 0.1) is 24.2 Å². The number of carbonyl (C=O) groups excluding carboxylic acids is 1. The first-order valence-electron chi connectivity index (χ1n) is 11.3. The molecule has 0 N–H and O–H groups in total. The van der Waals surface area contributed by atoms with Gasteiger partial charge in [0.15, 0.2) is 0 Å². The molecule has 0 aliphatic carbocycles. The van der Waals surface area contributed by atoms with Crippen molar-refractivity contribution >= 4 is 45.7 Å². The van der Waals surface area contributed by atoms with Crippen LogP contribution in [0.2, 0.25) is 5.02 Å². The summed E-state index contributed by atoms with van der Waals surface area (Å²) in [6.45, 7) is 4.33. The molecule has 0 atom stereocenters. The van der Waals surface area contributed by atoms with E-state index in [0.29, 0.717) is 17.6 Å². The molecule has 1 amide bonds. The number of carbonyl (C=O) groups is 1. The van der Waals surface area contributed by atoms with Crippen LogP contribution in [0.3, 0.4) is 0 Å². The van der Waals surface area contributed by atoms with E-state index >= 15 is 0 Å². The molecule has 0 saturated carbocycles. The molecule has 0 bridgehead atoms. The van der Waals surface area contributed by atoms with Gasteiger partial charge < -0.3 is 9.80 Å². The molecule has 2 fully saturated rings. The van der Waals surface area contributed by atoms with Crippen LogP contribution in [0, 0.1) is 0 Å². The SMILES string of the molecule is O=C1SC(=Cc2ccc3c(c2)nnn3Cc2ccc(Cl)cc2C(F)(F)F)CN1CCN1CCCC1. The van der Waals surface area contributed by atoms with E-state index in [4.69, 9.17) is 11.6 Å². The largest absolute Gasteiger partial charge is 0.416 e.